The summed E-state index contributed by atoms with van der Waals surface area (Å²) in [5, 5.41) is 11.6. The number of nitrogens with one attached hydrogen (secondary N) is 1. The van der Waals surface area contributed by atoms with Crippen LogP contribution in [0.25, 0.3) is 11.1 Å². The fourth-order valence-corrected chi connectivity index (χ4v) is 2.37. The highest BCUT2D eigenvalue weighted by Gasteiger charge is 2.48. The van der Waals surface area contributed by atoms with E-state index in [1.54, 1.807) is 0 Å². The van der Waals surface area contributed by atoms with Gasteiger partial charge in [-0.1, -0.05) is 42.5 Å². The van der Waals surface area contributed by atoms with Crippen LogP contribution in [0, 0.1) is 11.8 Å². The van der Waals surface area contributed by atoms with Crippen molar-refractivity contribution in [2.24, 2.45) is 11.8 Å². The van der Waals surface area contributed by atoms with Crippen molar-refractivity contribution in [1.29, 1.82) is 0 Å². The van der Waals surface area contributed by atoms with Gasteiger partial charge >= 0.3 is 5.97 Å². The normalized spacial score (nSPS) is 19.8. The molecule has 0 bridgehead atoms. The Morgan fingerprint density at radius 2 is 1.52 bits per heavy atom. The number of carbonyl (C=O) groups is 2. The number of carboxylic acids is 1. The number of amides is 1. The van der Waals surface area contributed by atoms with Crippen molar-refractivity contribution in [2.75, 3.05) is 5.32 Å². The molecule has 2 atom stereocenters. The summed E-state index contributed by atoms with van der Waals surface area (Å²) >= 11 is 0. The third-order valence-electron chi connectivity index (χ3n) is 3.70. The minimum absolute atomic E-state index is 0.213. The molecule has 2 N–H and O–H groups in total. The number of rotatable bonds is 4. The van der Waals surface area contributed by atoms with Gasteiger partial charge in [0.05, 0.1) is 11.8 Å². The van der Waals surface area contributed by atoms with Gasteiger partial charge in [-0.2, -0.15) is 0 Å². The molecule has 0 saturated heterocycles. The minimum Gasteiger partial charge on any atom is -0.481 e. The van der Waals surface area contributed by atoms with E-state index in [9.17, 15) is 9.59 Å². The molecule has 0 aliphatic heterocycles. The zero-order valence-corrected chi connectivity index (χ0v) is 11.3. The Morgan fingerprint density at radius 3 is 2.10 bits per heavy atom. The highest BCUT2D eigenvalue weighted by atomic mass is 16.4. The Kier molecular flexibility index (Phi) is 3.44. The summed E-state index contributed by atoms with van der Waals surface area (Å²) in [6, 6.07) is 17.5. The summed E-state index contributed by atoms with van der Waals surface area (Å²) in [4.78, 5) is 22.6. The average Bonchev–Trinajstić information content (AvgIpc) is 3.30. The summed E-state index contributed by atoms with van der Waals surface area (Å²) in [5.41, 5.74) is 2.88. The van der Waals surface area contributed by atoms with Gasteiger partial charge < -0.3 is 10.4 Å². The number of hydrogen-bond donors (Lipinski definition) is 2. The molecule has 2 aromatic rings. The number of aliphatic carboxylic acids is 1. The molecule has 1 aliphatic carbocycles. The van der Waals surface area contributed by atoms with Gasteiger partial charge in [0.1, 0.15) is 0 Å². The lowest BCUT2D eigenvalue weighted by Crippen LogP contribution is -2.16. The fourth-order valence-electron chi connectivity index (χ4n) is 2.37. The molecule has 4 heteroatoms. The molecule has 0 spiro atoms. The number of hydrogen-bond acceptors (Lipinski definition) is 2. The lowest BCUT2D eigenvalue weighted by atomic mass is 10.1. The number of anilines is 1. The van der Waals surface area contributed by atoms with E-state index in [1.807, 2.05) is 54.6 Å². The monoisotopic (exact) mass is 281 g/mol. The molecule has 0 heterocycles. The highest BCUT2D eigenvalue weighted by molar-refractivity contribution is 5.98. The molecule has 0 radical (unpaired) electrons. The smallest absolute Gasteiger partial charge is 0.307 e. The van der Waals surface area contributed by atoms with E-state index in [0.717, 1.165) is 11.1 Å². The molecule has 106 valence electrons. The maximum absolute atomic E-state index is 11.9. The molecule has 21 heavy (non-hydrogen) atoms. The Bertz CT molecular complexity index is 664. The maximum Gasteiger partial charge on any atom is 0.307 e. The van der Waals surface area contributed by atoms with Crippen LogP contribution in [0.5, 0.6) is 0 Å². The van der Waals surface area contributed by atoms with Gasteiger partial charge in [0.2, 0.25) is 5.91 Å². The Balaban J connectivity index is 1.65. The van der Waals surface area contributed by atoms with Crippen molar-refractivity contribution < 1.29 is 14.7 Å². The van der Waals surface area contributed by atoms with Gasteiger partial charge in [-0.05, 0) is 29.7 Å². The first-order valence-corrected chi connectivity index (χ1v) is 6.84. The van der Waals surface area contributed by atoms with Gasteiger partial charge in [-0.3, -0.25) is 9.59 Å². The second kappa shape index (κ2) is 5.40. The van der Waals surface area contributed by atoms with E-state index in [-0.39, 0.29) is 5.91 Å². The fraction of sp³-hybridized carbons (Fsp3) is 0.176. The van der Waals surface area contributed by atoms with Crippen molar-refractivity contribution in [3.63, 3.8) is 0 Å². The first kappa shape index (κ1) is 13.4. The third kappa shape index (κ3) is 2.94. The minimum atomic E-state index is -0.894. The second-order valence-electron chi connectivity index (χ2n) is 5.22. The number of benzene rings is 2. The van der Waals surface area contributed by atoms with Crippen molar-refractivity contribution in [3.05, 3.63) is 54.6 Å². The van der Waals surface area contributed by atoms with Crippen molar-refractivity contribution in [2.45, 2.75) is 6.42 Å². The largest absolute Gasteiger partial charge is 0.481 e. The molecule has 1 fully saturated rings. The molecule has 2 unspecified atom stereocenters. The van der Waals surface area contributed by atoms with Gasteiger partial charge in [0, 0.05) is 5.69 Å². The quantitative estimate of drug-likeness (QED) is 0.905. The lowest BCUT2D eigenvalue weighted by Gasteiger charge is -2.06. The van der Waals surface area contributed by atoms with Crippen molar-refractivity contribution in [1.82, 2.24) is 0 Å². The summed E-state index contributed by atoms with van der Waals surface area (Å²) in [5.74, 6) is -2.02. The molecule has 4 nitrogen and oxygen atoms in total. The van der Waals surface area contributed by atoms with Crippen molar-refractivity contribution in [3.8, 4) is 11.1 Å². The molecule has 0 aromatic heterocycles. The van der Waals surface area contributed by atoms with Crippen LogP contribution in [0.15, 0.2) is 54.6 Å². The Hall–Kier alpha value is -2.62. The SMILES string of the molecule is O=C(O)C1CC1C(=O)Nc1ccc(-c2ccccc2)cc1. The zero-order valence-electron chi connectivity index (χ0n) is 11.3. The van der Waals surface area contributed by atoms with Gasteiger partial charge in [0.25, 0.3) is 0 Å². The van der Waals surface area contributed by atoms with Gasteiger partial charge in [-0.15, -0.1) is 0 Å². The van der Waals surface area contributed by atoms with Crippen LogP contribution in [0.3, 0.4) is 0 Å². The Labute approximate surface area is 122 Å². The van der Waals surface area contributed by atoms with Gasteiger partial charge in [-0.25, -0.2) is 0 Å². The highest BCUT2D eigenvalue weighted by Crippen LogP contribution is 2.39. The van der Waals surface area contributed by atoms with Gasteiger partial charge in [0.15, 0.2) is 0 Å². The third-order valence-corrected chi connectivity index (χ3v) is 3.70. The number of carboxylic acid groups (broad SMARTS) is 1. The summed E-state index contributed by atoms with van der Waals surface area (Å²) in [6.45, 7) is 0. The van der Waals surface area contributed by atoms with Crippen LogP contribution in [-0.4, -0.2) is 17.0 Å². The molecule has 1 aliphatic rings. The molecule has 3 rings (SSSR count). The number of carbonyl (C=O) groups excluding carboxylic acids is 1. The van der Waals surface area contributed by atoms with E-state index >= 15 is 0 Å². The molecule has 2 aromatic carbocycles. The molecular formula is C17H15NO3. The zero-order chi connectivity index (χ0) is 14.8. The molecule has 1 amide bonds. The van der Waals surface area contributed by atoms with Crippen LogP contribution in [0.2, 0.25) is 0 Å². The van der Waals surface area contributed by atoms with Crippen LogP contribution < -0.4 is 5.32 Å². The second-order valence-corrected chi connectivity index (χ2v) is 5.22. The van der Waals surface area contributed by atoms with E-state index in [4.69, 9.17) is 5.11 Å². The first-order chi connectivity index (χ1) is 10.1. The van der Waals surface area contributed by atoms with E-state index in [1.165, 1.54) is 0 Å². The van der Waals surface area contributed by atoms with Crippen LogP contribution >= 0.6 is 0 Å². The van der Waals surface area contributed by atoms with E-state index < -0.39 is 17.8 Å². The Morgan fingerprint density at radius 1 is 0.905 bits per heavy atom. The molecule has 1 saturated carbocycles. The topological polar surface area (TPSA) is 66.4 Å². The standard InChI is InChI=1S/C17H15NO3/c19-16(14-10-15(14)17(20)21)18-13-8-6-12(7-9-13)11-4-2-1-3-5-11/h1-9,14-15H,10H2,(H,18,19)(H,20,21). The predicted octanol–water partition coefficient (Wildman–Crippen LogP) is 3.01. The van der Waals surface area contributed by atoms with Crippen LogP contribution in [0.1, 0.15) is 6.42 Å². The van der Waals surface area contributed by atoms with Crippen LogP contribution in [0.4, 0.5) is 5.69 Å². The van der Waals surface area contributed by atoms with E-state index in [0.29, 0.717) is 12.1 Å². The molecular weight excluding hydrogens is 266 g/mol. The van der Waals surface area contributed by atoms with E-state index in [2.05, 4.69) is 5.32 Å². The summed E-state index contributed by atoms with van der Waals surface area (Å²) in [6.07, 6.45) is 0.434. The lowest BCUT2D eigenvalue weighted by molar-refractivity contribution is -0.139. The average molecular weight is 281 g/mol. The van der Waals surface area contributed by atoms with Crippen molar-refractivity contribution >= 4 is 17.6 Å². The summed E-state index contributed by atoms with van der Waals surface area (Å²) in [7, 11) is 0. The van der Waals surface area contributed by atoms with Crippen LogP contribution in [-0.2, 0) is 9.59 Å². The summed E-state index contributed by atoms with van der Waals surface area (Å²) < 4.78 is 0. The predicted molar refractivity (Wildman–Crippen MR) is 79.7 cm³/mol. The first-order valence-electron chi connectivity index (χ1n) is 6.84. The maximum atomic E-state index is 11.9.